The zero-order valence-electron chi connectivity index (χ0n) is 10.4. The lowest BCUT2D eigenvalue weighted by atomic mass is 10.0. The number of fused-ring (bicyclic) bond motifs is 1. The average molecular weight is 271 g/mol. The average Bonchev–Trinajstić information content (AvgIpc) is 2.45. The van der Waals surface area contributed by atoms with Crippen molar-refractivity contribution < 1.29 is 13.9 Å². The molecule has 1 unspecified atom stereocenters. The van der Waals surface area contributed by atoms with Gasteiger partial charge in [-0.1, -0.05) is 24.3 Å². The van der Waals surface area contributed by atoms with Crippen LogP contribution >= 0.6 is 0 Å². The van der Waals surface area contributed by atoms with Crippen LogP contribution in [0.25, 0.3) is 10.8 Å². The first-order chi connectivity index (χ1) is 9.65. The van der Waals surface area contributed by atoms with Crippen molar-refractivity contribution in [3.05, 3.63) is 77.6 Å². The van der Waals surface area contributed by atoms with E-state index in [1.807, 2.05) is 30.3 Å². The number of nitrogens with zero attached hydrogens (tertiary/aromatic N) is 1. The van der Waals surface area contributed by atoms with Gasteiger partial charge in [-0.25, -0.2) is 8.78 Å². The summed E-state index contributed by atoms with van der Waals surface area (Å²) in [7, 11) is 0. The molecule has 2 aromatic carbocycles. The van der Waals surface area contributed by atoms with Crippen LogP contribution in [0, 0.1) is 11.6 Å². The van der Waals surface area contributed by atoms with Gasteiger partial charge in [0, 0.05) is 17.6 Å². The summed E-state index contributed by atoms with van der Waals surface area (Å²) in [5.74, 6) is -1.45. The molecule has 1 aromatic heterocycles. The molecule has 1 heterocycles. The maximum Gasteiger partial charge on any atom is 0.126 e. The normalized spacial score (nSPS) is 12.6. The highest BCUT2D eigenvalue weighted by Gasteiger charge is 2.16. The van der Waals surface area contributed by atoms with Crippen LogP contribution < -0.4 is 0 Å². The van der Waals surface area contributed by atoms with Crippen LogP contribution in [0.2, 0.25) is 0 Å². The van der Waals surface area contributed by atoms with Crippen LogP contribution in [0.4, 0.5) is 8.78 Å². The minimum atomic E-state index is -1.17. The Morgan fingerprint density at radius 3 is 2.40 bits per heavy atom. The Hall–Kier alpha value is -2.33. The molecule has 0 aliphatic heterocycles. The van der Waals surface area contributed by atoms with Gasteiger partial charge in [0.2, 0.25) is 0 Å². The van der Waals surface area contributed by atoms with Gasteiger partial charge >= 0.3 is 0 Å². The SMILES string of the molecule is OC(c1cc(F)cc(F)c1)c1nccc2ccccc12. The number of aliphatic hydroxyl groups is 1. The first kappa shape index (κ1) is 12.7. The Kier molecular flexibility index (Phi) is 3.16. The van der Waals surface area contributed by atoms with Gasteiger partial charge in [0.15, 0.2) is 0 Å². The monoisotopic (exact) mass is 271 g/mol. The van der Waals surface area contributed by atoms with Crippen LogP contribution in [0.5, 0.6) is 0 Å². The van der Waals surface area contributed by atoms with Gasteiger partial charge in [0.25, 0.3) is 0 Å². The molecule has 3 aromatic rings. The third-order valence-corrected chi connectivity index (χ3v) is 3.16. The van der Waals surface area contributed by atoms with E-state index in [1.165, 1.54) is 0 Å². The van der Waals surface area contributed by atoms with Gasteiger partial charge in [0.1, 0.15) is 17.7 Å². The summed E-state index contributed by atoms with van der Waals surface area (Å²) in [6.07, 6.45) is 0.391. The summed E-state index contributed by atoms with van der Waals surface area (Å²) in [6, 6.07) is 12.2. The summed E-state index contributed by atoms with van der Waals surface area (Å²) in [6.45, 7) is 0. The maximum absolute atomic E-state index is 13.2. The van der Waals surface area contributed by atoms with E-state index in [1.54, 1.807) is 6.20 Å². The van der Waals surface area contributed by atoms with Gasteiger partial charge < -0.3 is 5.11 Å². The molecule has 0 amide bonds. The molecular weight excluding hydrogens is 260 g/mol. The van der Waals surface area contributed by atoms with Crippen molar-refractivity contribution in [2.24, 2.45) is 0 Å². The van der Waals surface area contributed by atoms with E-state index in [-0.39, 0.29) is 5.56 Å². The van der Waals surface area contributed by atoms with Gasteiger partial charge in [-0.3, -0.25) is 4.98 Å². The minimum Gasteiger partial charge on any atom is -0.382 e. The topological polar surface area (TPSA) is 33.1 Å². The third-order valence-electron chi connectivity index (χ3n) is 3.16. The van der Waals surface area contributed by atoms with E-state index in [0.717, 1.165) is 29.0 Å². The molecule has 4 heteroatoms. The zero-order chi connectivity index (χ0) is 14.1. The summed E-state index contributed by atoms with van der Waals surface area (Å²) in [5.41, 5.74) is 0.527. The lowest BCUT2D eigenvalue weighted by molar-refractivity contribution is 0.216. The van der Waals surface area contributed by atoms with Crippen LogP contribution in [0.15, 0.2) is 54.7 Å². The highest BCUT2D eigenvalue weighted by molar-refractivity contribution is 5.84. The molecule has 0 radical (unpaired) electrons. The van der Waals surface area contributed by atoms with Crippen molar-refractivity contribution in [1.29, 1.82) is 0 Å². The number of aliphatic hydroxyl groups excluding tert-OH is 1. The van der Waals surface area contributed by atoms with E-state index in [2.05, 4.69) is 4.98 Å². The van der Waals surface area contributed by atoms with Crippen molar-refractivity contribution >= 4 is 10.8 Å². The highest BCUT2D eigenvalue weighted by Crippen LogP contribution is 2.27. The third kappa shape index (κ3) is 2.26. The molecule has 0 bridgehead atoms. The Bertz CT molecular complexity index is 748. The second kappa shape index (κ2) is 4.98. The number of benzene rings is 2. The van der Waals surface area contributed by atoms with E-state index in [4.69, 9.17) is 0 Å². The fourth-order valence-corrected chi connectivity index (χ4v) is 2.25. The van der Waals surface area contributed by atoms with E-state index >= 15 is 0 Å². The molecular formula is C16H11F2NO. The van der Waals surface area contributed by atoms with E-state index in [9.17, 15) is 13.9 Å². The molecule has 3 rings (SSSR count). The van der Waals surface area contributed by atoms with Crippen molar-refractivity contribution in [2.75, 3.05) is 0 Å². The fraction of sp³-hybridized carbons (Fsp3) is 0.0625. The molecule has 100 valence electrons. The van der Waals surface area contributed by atoms with Gasteiger partial charge in [-0.15, -0.1) is 0 Å². The number of hydrogen-bond acceptors (Lipinski definition) is 2. The van der Waals surface area contributed by atoms with Gasteiger partial charge in [-0.05, 0) is 29.1 Å². The van der Waals surface area contributed by atoms with Crippen molar-refractivity contribution in [3.63, 3.8) is 0 Å². The Balaban J connectivity index is 2.15. The molecule has 0 spiro atoms. The van der Waals surface area contributed by atoms with Crippen molar-refractivity contribution in [3.8, 4) is 0 Å². The van der Waals surface area contributed by atoms with E-state index in [0.29, 0.717) is 5.69 Å². The number of pyridine rings is 1. The van der Waals surface area contributed by atoms with E-state index < -0.39 is 17.7 Å². The summed E-state index contributed by atoms with van der Waals surface area (Å²) < 4.78 is 26.5. The summed E-state index contributed by atoms with van der Waals surface area (Å²) in [5, 5.41) is 12.0. The number of rotatable bonds is 2. The maximum atomic E-state index is 13.2. The molecule has 1 N–H and O–H groups in total. The lowest BCUT2D eigenvalue weighted by Crippen LogP contribution is -2.04. The van der Waals surface area contributed by atoms with Crippen molar-refractivity contribution in [2.45, 2.75) is 6.10 Å². The summed E-state index contributed by atoms with van der Waals surface area (Å²) in [4.78, 5) is 4.15. The van der Waals surface area contributed by atoms with Crippen LogP contribution in [-0.2, 0) is 0 Å². The first-order valence-corrected chi connectivity index (χ1v) is 6.13. The lowest BCUT2D eigenvalue weighted by Gasteiger charge is -2.13. The molecule has 2 nitrogen and oxygen atoms in total. The smallest absolute Gasteiger partial charge is 0.126 e. The Morgan fingerprint density at radius 2 is 1.65 bits per heavy atom. The standard InChI is InChI=1S/C16H11F2NO/c17-12-7-11(8-13(18)9-12)16(20)15-14-4-2-1-3-10(14)5-6-19-15/h1-9,16,20H. The molecule has 1 atom stereocenters. The second-order valence-electron chi connectivity index (χ2n) is 4.52. The molecule has 0 aliphatic rings. The van der Waals surface area contributed by atoms with Crippen LogP contribution in [0.1, 0.15) is 17.4 Å². The largest absolute Gasteiger partial charge is 0.382 e. The zero-order valence-corrected chi connectivity index (χ0v) is 10.4. The Morgan fingerprint density at radius 1 is 0.950 bits per heavy atom. The number of hydrogen-bond donors (Lipinski definition) is 1. The predicted molar refractivity (Wildman–Crippen MR) is 72.2 cm³/mol. The minimum absolute atomic E-state index is 0.145. The van der Waals surface area contributed by atoms with Crippen LogP contribution in [0.3, 0.4) is 0 Å². The fourth-order valence-electron chi connectivity index (χ4n) is 2.25. The van der Waals surface area contributed by atoms with Crippen molar-refractivity contribution in [1.82, 2.24) is 4.98 Å². The highest BCUT2D eigenvalue weighted by atomic mass is 19.1. The molecule has 0 aliphatic carbocycles. The van der Waals surface area contributed by atoms with Gasteiger partial charge in [0.05, 0.1) is 5.69 Å². The van der Waals surface area contributed by atoms with Gasteiger partial charge in [-0.2, -0.15) is 0 Å². The second-order valence-corrected chi connectivity index (χ2v) is 4.52. The molecule has 0 saturated heterocycles. The Labute approximate surface area is 114 Å². The first-order valence-electron chi connectivity index (χ1n) is 6.13. The predicted octanol–water partition coefficient (Wildman–Crippen LogP) is 3.59. The number of halogens is 2. The summed E-state index contributed by atoms with van der Waals surface area (Å²) >= 11 is 0. The molecule has 0 fully saturated rings. The van der Waals surface area contributed by atoms with Crippen LogP contribution in [-0.4, -0.2) is 10.1 Å². The molecule has 20 heavy (non-hydrogen) atoms. The molecule has 0 saturated carbocycles. The quantitative estimate of drug-likeness (QED) is 0.772. The number of aromatic nitrogens is 1.